The average Bonchev–Trinajstić information content (AvgIpc) is 2.77. The summed E-state index contributed by atoms with van der Waals surface area (Å²) in [7, 11) is 0. The molecule has 0 aliphatic carbocycles. The Kier molecular flexibility index (Phi) is 5.18. The number of hydrogen-bond donors (Lipinski definition) is 2. The van der Waals surface area contributed by atoms with Crippen molar-refractivity contribution < 1.29 is 9.59 Å². The number of rotatable bonds is 3. The molecule has 2 N–H and O–H groups in total. The number of hydrazine groups is 1. The topological polar surface area (TPSA) is 84.0 Å². The lowest BCUT2D eigenvalue weighted by atomic mass is 10.0. The first-order valence-corrected chi connectivity index (χ1v) is 9.16. The first-order chi connectivity index (χ1) is 14.1. The molecule has 0 fully saturated rings. The minimum Gasteiger partial charge on any atom is -0.267 e. The van der Waals surface area contributed by atoms with Gasteiger partial charge in [-0.15, -0.1) is 0 Å². The van der Waals surface area contributed by atoms with Crippen molar-refractivity contribution in [1.29, 1.82) is 0 Å². The zero-order valence-electron chi connectivity index (χ0n) is 15.1. The van der Waals surface area contributed by atoms with Crippen LogP contribution in [-0.4, -0.2) is 21.8 Å². The molecule has 6 nitrogen and oxygen atoms in total. The van der Waals surface area contributed by atoms with Gasteiger partial charge < -0.3 is 0 Å². The van der Waals surface area contributed by atoms with E-state index in [-0.39, 0.29) is 0 Å². The van der Waals surface area contributed by atoms with Crippen LogP contribution in [0.5, 0.6) is 0 Å². The largest absolute Gasteiger partial charge is 0.271 e. The van der Waals surface area contributed by atoms with Crippen LogP contribution in [0.15, 0.2) is 79.1 Å². The van der Waals surface area contributed by atoms with Gasteiger partial charge in [-0.05, 0) is 30.3 Å². The van der Waals surface area contributed by atoms with Crippen molar-refractivity contribution in [2.24, 2.45) is 0 Å². The molecule has 142 valence electrons. The molecular formula is C22H15ClN4O2. The standard InChI is InChI=1S/C22H15ClN4O2/c23-18-9-3-1-8-16(18)20-12-17(15-7-2-4-10-19(15)25-20)22(29)27-26-21(28)14-6-5-11-24-13-14/h1-13H,(H,26,28)(H,27,29). The maximum absolute atomic E-state index is 12.9. The summed E-state index contributed by atoms with van der Waals surface area (Å²) in [6, 6.07) is 19.5. The predicted molar refractivity (Wildman–Crippen MR) is 111 cm³/mol. The van der Waals surface area contributed by atoms with Crippen LogP contribution in [0, 0.1) is 0 Å². The van der Waals surface area contributed by atoms with Crippen LogP contribution < -0.4 is 10.9 Å². The van der Waals surface area contributed by atoms with Crippen LogP contribution in [0.4, 0.5) is 0 Å². The summed E-state index contributed by atoms with van der Waals surface area (Å²) in [5, 5.41) is 1.20. The number of nitrogens with one attached hydrogen (secondary N) is 2. The third kappa shape index (κ3) is 3.93. The number of para-hydroxylation sites is 1. The zero-order chi connectivity index (χ0) is 20.2. The highest BCUT2D eigenvalue weighted by molar-refractivity contribution is 6.33. The molecule has 0 atom stereocenters. The van der Waals surface area contributed by atoms with Crippen molar-refractivity contribution in [3.05, 3.63) is 95.3 Å². The minimum absolute atomic E-state index is 0.337. The number of halogens is 1. The monoisotopic (exact) mass is 402 g/mol. The van der Waals surface area contributed by atoms with Gasteiger partial charge in [0.05, 0.1) is 22.3 Å². The molecule has 0 aliphatic rings. The molecule has 2 aromatic heterocycles. The van der Waals surface area contributed by atoms with Crippen molar-refractivity contribution in [3.63, 3.8) is 0 Å². The van der Waals surface area contributed by atoms with Crippen molar-refractivity contribution in [1.82, 2.24) is 20.8 Å². The highest BCUT2D eigenvalue weighted by atomic mass is 35.5. The second-order valence-electron chi connectivity index (χ2n) is 6.20. The molecular weight excluding hydrogens is 388 g/mol. The SMILES string of the molecule is O=C(NNC(=O)c1cc(-c2ccccc2Cl)nc2ccccc12)c1cccnc1. The summed E-state index contributed by atoms with van der Waals surface area (Å²) in [5.41, 5.74) is 7.50. The van der Waals surface area contributed by atoms with Gasteiger partial charge in [0, 0.05) is 28.4 Å². The summed E-state index contributed by atoms with van der Waals surface area (Å²) in [4.78, 5) is 33.6. The van der Waals surface area contributed by atoms with E-state index in [1.165, 1.54) is 6.20 Å². The first kappa shape index (κ1) is 18.6. The molecule has 7 heteroatoms. The average molecular weight is 403 g/mol. The van der Waals surface area contributed by atoms with E-state index < -0.39 is 11.8 Å². The van der Waals surface area contributed by atoms with Gasteiger partial charge in [0.2, 0.25) is 0 Å². The Bertz CT molecular complexity index is 1210. The van der Waals surface area contributed by atoms with Crippen LogP contribution in [0.2, 0.25) is 5.02 Å². The Morgan fingerprint density at radius 1 is 0.862 bits per heavy atom. The van der Waals surface area contributed by atoms with E-state index in [4.69, 9.17) is 11.6 Å². The summed E-state index contributed by atoms with van der Waals surface area (Å²) in [5.74, 6) is -0.926. The molecule has 0 spiro atoms. The van der Waals surface area contributed by atoms with Crippen LogP contribution in [0.3, 0.4) is 0 Å². The van der Waals surface area contributed by atoms with Crippen molar-refractivity contribution in [2.45, 2.75) is 0 Å². The van der Waals surface area contributed by atoms with Crippen molar-refractivity contribution in [3.8, 4) is 11.3 Å². The molecule has 0 bridgehead atoms. The molecule has 4 aromatic rings. The summed E-state index contributed by atoms with van der Waals surface area (Å²) in [6.07, 6.45) is 2.98. The lowest BCUT2D eigenvalue weighted by Crippen LogP contribution is -2.41. The minimum atomic E-state index is -0.464. The second-order valence-corrected chi connectivity index (χ2v) is 6.61. The molecule has 2 amide bonds. The fourth-order valence-electron chi connectivity index (χ4n) is 2.92. The van der Waals surface area contributed by atoms with Crippen LogP contribution in [0.1, 0.15) is 20.7 Å². The van der Waals surface area contributed by atoms with Gasteiger partial charge in [0.15, 0.2) is 0 Å². The number of carbonyl (C=O) groups excluding carboxylic acids is 2. The third-order valence-electron chi connectivity index (χ3n) is 4.32. The van der Waals surface area contributed by atoms with E-state index in [1.54, 1.807) is 36.5 Å². The van der Waals surface area contributed by atoms with Crippen LogP contribution >= 0.6 is 11.6 Å². The van der Waals surface area contributed by atoms with Gasteiger partial charge in [-0.2, -0.15) is 0 Å². The van der Waals surface area contributed by atoms with Crippen molar-refractivity contribution >= 4 is 34.3 Å². The van der Waals surface area contributed by atoms with Gasteiger partial charge >= 0.3 is 0 Å². The van der Waals surface area contributed by atoms with E-state index in [9.17, 15) is 9.59 Å². The molecule has 4 rings (SSSR count). The molecule has 2 aromatic carbocycles. The van der Waals surface area contributed by atoms with Crippen molar-refractivity contribution in [2.75, 3.05) is 0 Å². The third-order valence-corrected chi connectivity index (χ3v) is 4.65. The fraction of sp³-hybridized carbons (Fsp3) is 0. The van der Waals surface area contributed by atoms with E-state index in [0.29, 0.717) is 38.3 Å². The second kappa shape index (κ2) is 8.08. The normalized spacial score (nSPS) is 10.5. The summed E-state index contributed by atoms with van der Waals surface area (Å²) >= 11 is 6.31. The molecule has 0 aliphatic heterocycles. The predicted octanol–water partition coefficient (Wildman–Crippen LogP) is 4.03. The van der Waals surface area contributed by atoms with Gasteiger partial charge in [0.25, 0.3) is 11.8 Å². The summed E-state index contributed by atoms with van der Waals surface area (Å²) in [6.45, 7) is 0. The number of fused-ring (bicyclic) bond motifs is 1. The number of benzene rings is 2. The maximum Gasteiger partial charge on any atom is 0.271 e. The Hall–Kier alpha value is -3.77. The Morgan fingerprint density at radius 2 is 1.62 bits per heavy atom. The van der Waals surface area contributed by atoms with E-state index >= 15 is 0 Å². The molecule has 2 heterocycles. The first-order valence-electron chi connectivity index (χ1n) is 8.79. The smallest absolute Gasteiger partial charge is 0.267 e. The highest BCUT2D eigenvalue weighted by Gasteiger charge is 2.16. The molecule has 0 unspecified atom stereocenters. The molecule has 0 radical (unpaired) electrons. The van der Waals surface area contributed by atoms with Crippen LogP contribution in [0.25, 0.3) is 22.2 Å². The van der Waals surface area contributed by atoms with E-state index in [2.05, 4.69) is 20.8 Å². The number of aromatic nitrogens is 2. The number of hydrogen-bond acceptors (Lipinski definition) is 4. The maximum atomic E-state index is 12.9. The number of amides is 2. The Labute approximate surface area is 171 Å². The number of pyridine rings is 2. The van der Waals surface area contributed by atoms with Gasteiger partial charge in [-0.1, -0.05) is 48.0 Å². The fourth-order valence-corrected chi connectivity index (χ4v) is 3.15. The van der Waals surface area contributed by atoms with Crippen LogP contribution in [-0.2, 0) is 0 Å². The Balaban J connectivity index is 1.68. The van der Waals surface area contributed by atoms with E-state index in [1.807, 2.05) is 36.4 Å². The Morgan fingerprint density at radius 3 is 2.41 bits per heavy atom. The highest BCUT2D eigenvalue weighted by Crippen LogP contribution is 2.29. The molecule has 0 saturated heterocycles. The molecule has 29 heavy (non-hydrogen) atoms. The van der Waals surface area contributed by atoms with Gasteiger partial charge in [0.1, 0.15) is 0 Å². The van der Waals surface area contributed by atoms with Gasteiger partial charge in [-0.3, -0.25) is 25.4 Å². The lowest BCUT2D eigenvalue weighted by molar-refractivity contribution is 0.0847. The number of carbonyl (C=O) groups is 2. The number of nitrogens with zero attached hydrogens (tertiary/aromatic N) is 2. The zero-order valence-corrected chi connectivity index (χ0v) is 15.9. The van der Waals surface area contributed by atoms with E-state index in [0.717, 1.165) is 0 Å². The lowest BCUT2D eigenvalue weighted by Gasteiger charge is -2.12. The van der Waals surface area contributed by atoms with Gasteiger partial charge in [-0.25, -0.2) is 4.98 Å². The summed E-state index contributed by atoms with van der Waals surface area (Å²) < 4.78 is 0. The molecule has 0 saturated carbocycles. The quantitative estimate of drug-likeness (QED) is 0.507.